The number of hydrogen-bond acceptors (Lipinski definition) is 4. The minimum atomic E-state index is -0.379. The van der Waals surface area contributed by atoms with Crippen LogP contribution >= 0.6 is 0 Å². The zero-order valence-corrected chi connectivity index (χ0v) is 8.92. The molecule has 1 saturated heterocycles. The third-order valence-electron chi connectivity index (χ3n) is 2.82. The third kappa shape index (κ3) is 2.94. The molecule has 1 fully saturated rings. The number of nitrogens with two attached hydrogens (primary N) is 1. The molecule has 1 atom stereocenters. The van der Waals surface area contributed by atoms with Crippen molar-refractivity contribution in [2.45, 2.75) is 18.9 Å². The number of rotatable bonds is 3. The van der Waals surface area contributed by atoms with Crippen molar-refractivity contribution in [3.8, 4) is 0 Å². The summed E-state index contributed by atoms with van der Waals surface area (Å²) in [6.45, 7) is 2.07. The summed E-state index contributed by atoms with van der Waals surface area (Å²) in [5.41, 5.74) is 11.0. The van der Waals surface area contributed by atoms with Crippen LogP contribution in [0, 0.1) is 5.92 Å². The van der Waals surface area contributed by atoms with Crippen LogP contribution in [0.2, 0.25) is 0 Å². The molecule has 0 saturated carbocycles. The van der Waals surface area contributed by atoms with E-state index in [9.17, 15) is 4.79 Å². The molecule has 0 aromatic heterocycles. The van der Waals surface area contributed by atoms with Gasteiger partial charge in [-0.05, 0) is 38.9 Å². The van der Waals surface area contributed by atoms with E-state index in [2.05, 4.69) is 22.8 Å². The third-order valence-corrected chi connectivity index (χ3v) is 2.82. The zero-order valence-electron chi connectivity index (χ0n) is 8.92. The van der Waals surface area contributed by atoms with E-state index in [1.54, 1.807) is 7.05 Å². The quantitative estimate of drug-likeness (QED) is 0.506. The monoisotopic (exact) mass is 200 g/mol. The Balaban J connectivity index is 2.37. The van der Waals surface area contributed by atoms with Crippen LogP contribution in [0.25, 0.3) is 0 Å². The van der Waals surface area contributed by atoms with Gasteiger partial charge in [-0.25, -0.2) is 5.43 Å². The van der Waals surface area contributed by atoms with Crippen molar-refractivity contribution >= 4 is 5.91 Å². The molecule has 0 spiro atoms. The number of carbonyl (C=O) groups is 1. The molecule has 82 valence electrons. The maximum Gasteiger partial charge on any atom is 0.251 e. The van der Waals surface area contributed by atoms with Crippen LogP contribution in [-0.4, -0.2) is 44.0 Å². The lowest BCUT2D eigenvalue weighted by atomic mass is 9.90. The van der Waals surface area contributed by atoms with Gasteiger partial charge in [-0.1, -0.05) is 0 Å². The SMILES string of the molecule is CNNC(=O)C(N)C1CCN(C)CC1. The highest BCUT2D eigenvalue weighted by Gasteiger charge is 2.27. The van der Waals surface area contributed by atoms with Gasteiger partial charge in [0.15, 0.2) is 0 Å². The van der Waals surface area contributed by atoms with E-state index in [0.29, 0.717) is 5.92 Å². The molecule has 5 heteroatoms. The molecular formula is C9H20N4O. The van der Waals surface area contributed by atoms with Gasteiger partial charge in [-0.3, -0.25) is 10.2 Å². The molecule has 1 aliphatic rings. The van der Waals surface area contributed by atoms with E-state index in [1.165, 1.54) is 0 Å². The second-order valence-electron chi connectivity index (χ2n) is 3.91. The van der Waals surface area contributed by atoms with Gasteiger partial charge in [0.1, 0.15) is 0 Å². The molecule has 0 bridgehead atoms. The first kappa shape index (κ1) is 11.4. The first-order chi connectivity index (χ1) is 6.65. The van der Waals surface area contributed by atoms with Crippen molar-refractivity contribution in [3.05, 3.63) is 0 Å². The van der Waals surface area contributed by atoms with Gasteiger partial charge in [0.05, 0.1) is 6.04 Å². The molecule has 1 unspecified atom stereocenters. The molecular weight excluding hydrogens is 180 g/mol. The molecule has 5 nitrogen and oxygen atoms in total. The van der Waals surface area contributed by atoms with Crippen molar-refractivity contribution in [2.75, 3.05) is 27.2 Å². The van der Waals surface area contributed by atoms with Gasteiger partial charge in [0.2, 0.25) is 0 Å². The molecule has 4 N–H and O–H groups in total. The molecule has 1 amide bonds. The van der Waals surface area contributed by atoms with E-state index in [1.807, 2.05) is 0 Å². The van der Waals surface area contributed by atoms with Crippen LogP contribution in [0.3, 0.4) is 0 Å². The van der Waals surface area contributed by atoms with E-state index in [4.69, 9.17) is 5.73 Å². The fourth-order valence-electron chi connectivity index (χ4n) is 1.81. The Labute approximate surface area is 85.0 Å². The minimum absolute atomic E-state index is 0.109. The predicted octanol–water partition coefficient (Wildman–Crippen LogP) is -1.09. The summed E-state index contributed by atoms with van der Waals surface area (Å²) in [5.74, 6) is 0.210. The van der Waals surface area contributed by atoms with Crippen LogP contribution in [0.1, 0.15) is 12.8 Å². The van der Waals surface area contributed by atoms with Crippen LogP contribution in [0.5, 0.6) is 0 Å². The van der Waals surface area contributed by atoms with E-state index in [-0.39, 0.29) is 11.9 Å². The minimum Gasteiger partial charge on any atom is -0.320 e. The van der Waals surface area contributed by atoms with Gasteiger partial charge in [0, 0.05) is 7.05 Å². The number of hydrazine groups is 1. The average Bonchev–Trinajstić information content (AvgIpc) is 2.18. The summed E-state index contributed by atoms with van der Waals surface area (Å²) in [4.78, 5) is 13.7. The van der Waals surface area contributed by atoms with Crippen LogP contribution in [-0.2, 0) is 4.79 Å². The highest BCUT2D eigenvalue weighted by Crippen LogP contribution is 2.18. The number of nitrogens with one attached hydrogen (secondary N) is 2. The maximum absolute atomic E-state index is 11.4. The lowest BCUT2D eigenvalue weighted by Gasteiger charge is -2.31. The summed E-state index contributed by atoms with van der Waals surface area (Å²) < 4.78 is 0. The number of amides is 1. The summed E-state index contributed by atoms with van der Waals surface area (Å²) >= 11 is 0. The Morgan fingerprint density at radius 1 is 1.50 bits per heavy atom. The van der Waals surface area contributed by atoms with Crippen molar-refractivity contribution in [2.24, 2.45) is 11.7 Å². The highest BCUT2D eigenvalue weighted by molar-refractivity contribution is 5.81. The topological polar surface area (TPSA) is 70.4 Å². The van der Waals surface area contributed by atoms with Gasteiger partial charge in [-0.15, -0.1) is 0 Å². The Kier molecular flexibility index (Phi) is 4.31. The Bertz CT molecular complexity index is 189. The highest BCUT2D eigenvalue weighted by atomic mass is 16.2. The van der Waals surface area contributed by atoms with Crippen LogP contribution in [0.4, 0.5) is 0 Å². The van der Waals surface area contributed by atoms with Crippen molar-refractivity contribution < 1.29 is 4.79 Å². The number of piperidine rings is 1. The molecule has 1 rings (SSSR count). The van der Waals surface area contributed by atoms with Crippen molar-refractivity contribution in [3.63, 3.8) is 0 Å². The lowest BCUT2D eigenvalue weighted by Crippen LogP contribution is -2.51. The number of hydrogen-bond donors (Lipinski definition) is 3. The number of likely N-dealkylation sites (tertiary alicyclic amines) is 1. The lowest BCUT2D eigenvalue weighted by molar-refractivity contribution is -0.124. The smallest absolute Gasteiger partial charge is 0.251 e. The molecule has 1 aliphatic heterocycles. The largest absolute Gasteiger partial charge is 0.320 e. The Morgan fingerprint density at radius 2 is 2.07 bits per heavy atom. The second-order valence-corrected chi connectivity index (χ2v) is 3.91. The molecule has 0 aromatic carbocycles. The molecule has 14 heavy (non-hydrogen) atoms. The standard InChI is InChI=1S/C9H20N4O/c1-11-12-9(14)8(10)7-3-5-13(2)6-4-7/h7-8,11H,3-6,10H2,1-2H3,(H,12,14). The summed E-state index contributed by atoms with van der Waals surface area (Å²) in [7, 11) is 3.76. The van der Waals surface area contributed by atoms with Crippen LogP contribution < -0.4 is 16.6 Å². The van der Waals surface area contributed by atoms with Gasteiger partial charge < -0.3 is 10.6 Å². The fourth-order valence-corrected chi connectivity index (χ4v) is 1.81. The summed E-state index contributed by atoms with van der Waals surface area (Å²) in [6, 6.07) is -0.379. The average molecular weight is 200 g/mol. The number of carbonyl (C=O) groups excluding carboxylic acids is 1. The predicted molar refractivity (Wildman–Crippen MR) is 55.4 cm³/mol. The molecule has 1 heterocycles. The summed E-state index contributed by atoms with van der Waals surface area (Å²) in [6.07, 6.45) is 2.02. The van der Waals surface area contributed by atoms with E-state index < -0.39 is 0 Å². The van der Waals surface area contributed by atoms with E-state index >= 15 is 0 Å². The Hall–Kier alpha value is -0.650. The van der Waals surface area contributed by atoms with E-state index in [0.717, 1.165) is 25.9 Å². The molecule has 0 aliphatic carbocycles. The van der Waals surface area contributed by atoms with Gasteiger partial charge >= 0.3 is 0 Å². The van der Waals surface area contributed by atoms with Gasteiger partial charge in [0.25, 0.3) is 5.91 Å². The second kappa shape index (κ2) is 5.29. The maximum atomic E-state index is 11.4. The van der Waals surface area contributed by atoms with Crippen LogP contribution in [0.15, 0.2) is 0 Å². The molecule has 0 aromatic rings. The van der Waals surface area contributed by atoms with Crippen molar-refractivity contribution in [1.29, 1.82) is 0 Å². The first-order valence-corrected chi connectivity index (χ1v) is 5.06. The number of nitrogens with zero attached hydrogens (tertiary/aromatic N) is 1. The first-order valence-electron chi connectivity index (χ1n) is 5.06. The van der Waals surface area contributed by atoms with Crippen molar-refractivity contribution in [1.82, 2.24) is 15.8 Å². The van der Waals surface area contributed by atoms with Gasteiger partial charge in [-0.2, -0.15) is 0 Å². The fraction of sp³-hybridized carbons (Fsp3) is 0.889. The molecule has 0 radical (unpaired) electrons. The summed E-state index contributed by atoms with van der Waals surface area (Å²) in [5, 5.41) is 0. The zero-order chi connectivity index (χ0) is 10.6. The Morgan fingerprint density at radius 3 is 2.57 bits per heavy atom. The normalized spacial score (nSPS) is 21.9.